The third-order valence-electron chi connectivity index (χ3n) is 4.65. The Hall–Kier alpha value is -3.00. The average molecular weight is 425 g/mol. The third kappa shape index (κ3) is 4.28. The topological polar surface area (TPSA) is 89.4 Å². The number of hydrogen-bond donors (Lipinski definition) is 2. The maximum atomic E-state index is 10.1. The molecule has 0 amide bonds. The van der Waals surface area contributed by atoms with Crippen molar-refractivity contribution in [1.82, 2.24) is 15.2 Å². The number of nitrogens with one attached hydrogen (secondary N) is 1. The quantitative estimate of drug-likeness (QED) is 0.403. The normalized spacial score (nSPS) is 14.7. The number of fused-ring (bicyclic) bond motifs is 3. The minimum Gasteiger partial charge on any atom is -0.504 e. The van der Waals surface area contributed by atoms with Gasteiger partial charge in [0.25, 0.3) is 0 Å². The lowest BCUT2D eigenvalue weighted by Crippen LogP contribution is -2.17. The van der Waals surface area contributed by atoms with E-state index in [4.69, 9.17) is 9.47 Å². The number of rotatable bonds is 7. The number of anilines is 1. The number of aromatic hydroxyl groups is 1. The zero-order valence-electron chi connectivity index (χ0n) is 17.0. The van der Waals surface area contributed by atoms with E-state index in [0.717, 1.165) is 35.4 Å². The predicted molar refractivity (Wildman–Crippen MR) is 117 cm³/mol. The number of unbranched alkanes of at least 4 members (excludes halogenated alkanes) is 1. The van der Waals surface area contributed by atoms with E-state index >= 15 is 0 Å². The summed E-state index contributed by atoms with van der Waals surface area (Å²) in [6.45, 7) is 4.48. The first-order chi connectivity index (χ1) is 14.7. The van der Waals surface area contributed by atoms with Crippen molar-refractivity contribution in [2.24, 2.45) is 0 Å². The van der Waals surface area contributed by atoms with Gasteiger partial charge in [-0.2, -0.15) is 4.98 Å². The van der Waals surface area contributed by atoms with Gasteiger partial charge in [-0.15, -0.1) is 10.2 Å². The maximum absolute atomic E-state index is 10.1. The molecule has 30 heavy (non-hydrogen) atoms. The molecule has 2 heterocycles. The molecule has 7 nitrogen and oxygen atoms in total. The van der Waals surface area contributed by atoms with Crippen LogP contribution in [0, 0.1) is 0 Å². The first-order valence-corrected chi connectivity index (χ1v) is 11.0. The Bertz CT molecular complexity index is 1030. The van der Waals surface area contributed by atoms with Crippen molar-refractivity contribution in [2.75, 3.05) is 17.7 Å². The number of ether oxygens (including phenoxy) is 2. The van der Waals surface area contributed by atoms with E-state index in [1.54, 1.807) is 30.0 Å². The number of aromatic nitrogens is 3. The Morgan fingerprint density at radius 1 is 1.17 bits per heavy atom. The van der Waals surface area contributed by atoms with Crippen molar-refractivity contribution in [1.29, 1.82) is 0 Å². The van der Waals surface area contributed by atoms with E-state index in [-0.39, 0.29) is 5.75 Å². The fourth-order valence-corrected chi connectivity index (χ4v) is 3.99. The summed E-state index contributed by atoms with van der Waals surface area (Å²) in [7, 11) is 0. The molecule has 0 saturated carbocycles. The zero-order valence-corrected chi connectivity index (χ0v) is 17.8. The first kappa shape index (κ1) is 20.3. The maximum Gasteiger partial charge on any atom is 0.247 e. The molecule has 0 unspecified atom stereocenters. The van der Waals surface area contributed by atoms with Gasteiger partial charge in [-0.05, 0) is 37.6 Å². The van der Waals surface area contributed by atoms with E-state index in [0.29, 0.717) is 29.1 Å². The molecule has 8 heteroatoms. The summed E-state index contributed by atoms with van der Waals surface area (Å²) < 4.78 is 11.8. The minimum absolute atomic E-state index is 0.0913. The Balaban J connectivity index is 1.73. The van der Waals surface area contributed by atoms with Crippen LogP contribution >= 0.6 is 11.8 Å². The van der Waals surface area contributed by atoms with E-state index in [1.165, 1.54) is 0 Å². The van der Waals surface area contributed by atoms with Gasteiger partial charge in [-0.25, -0.2) is 0 Å². The zero-order chi connectivity index (χ0) is 20.9. The van der Waals surface area contributed by atoms with Crippen LogP contribution in [0.3, 0.4) is 0 Å². The molecule has 2 aromatic carbocycles. The van der Waals surface area contributed by atoms with Gasteiger partial charge in [-0.1, -0.05) is 43.3 Å². The smallest absolute Gasteiger partial charge is 0.247 e. The molecule has 4 rings (SSSR count). The third-order valence-corrected chi connectivity index (χ3v) is 5.57. The second-order valence-electron chi connectivity index (χ2n) is 6.80. The standard InChI is InChI=1S/C22H24N4O3S/c1-3-5-12-30-22-24-21-19(25-26-22)15-8-6-7-9-16(15)23-20(29-21)14-10-11-17(27)18(13-14)28-4-2/h6-11,13,20,23,27H,3-5,12H2,1-2H3/t20-/m1/s1. The van der Waals surface area contributed by atoms with Gasteiger partial charge in [0.2, 0.25) is 11.0 Å². The summed E-state index contributed by atoms with van der Waals surface area (Å²) in [4.78, 5) is 4.64. The largest absolute Gasteiger partial charge is 0.504 e. The van der Waals surface area contributed by atoms with Gasteiger partial charge >= 0.3 is 0 Å². The van der Waals surface area contributed by atoms with Crippen LogP contribution in [0.2, 0.25) is 0 Å². The summed E-state index contributed by atoms with van der Waals surface area (Å²) >= 11 is 1.58. The first-order valence-electron chi connectivity index (χ1n) is 10.1. The van der Waals surface area contributed by atoms with Gasteiger partial charge in [0.15, 0.2) is 23.4 Å². The van der Waals surface area contributed by atoms with Crippen molar-refractivity contribution >= 4 is 17.4 Å². The molecular formula is C22H24N4O3S. The second-order valence-corrected chi connectivity index (χ2v) is 7.86. The minimum atomic E-state index is -0.530. The van der Waals surface area contributed by atoms with Gasteiger partial charge in [0.1, 0.15) is 0 Å². The van der Waals surface area contributed by atoms with Gasteiger partial charge in [-0.3, -0.25) is 0 Å². The summed E-state index contributed by atoms with van der Waals surface area (Å²) in [6.07, 6.45) is 1.68. The van der Waals surface area contributed by atoms with Crippen LogP contribution in [-0.4, -0.2) is 32.6 Å². The summed E-state index contributed by atoms with van der Waals surface area (Å²) in [6, 6.07) is 13.0. The monoisotopic (exact) mass is 424 g/mol. The fraction of sp³-hybridized carbons (Fsp3) is 0.318. The van der Waals surface area contributed by atoms with Crippen LogP contribution in [0.15, 0.2) is 47.6 Å². The number of nitrogens with zero attached hydrogens (tertiary/aromatic N) is 3. The van der Waals surface area contributed by atoms with Crippen molar-refractivity contribution < 1.29 is 14.6 Å². The molecule has 0 spiro atoms. The summed E-state index contributed by atoms with van der Waals surface area (Å²) in [5.74, 6) is 1.87. The SMILES string of the molecule is CCCCSc1nnc2c(n1)O[C@H](c1ccc(O)c(OCC)c1)Nc1ccccc1-2. The van der Waals surface area contributed by atoms with Crippen LogP contribution in [0.4, 0.5) is 5.69 Å². The molecule has 1 aliphatic heterocycles. The molecule has 0 aliphatic carbocycles. The highest BCUT2D eigenvalue weighted by atomic mass is 32.2. The molecule has 0 saturated heterocycles. The van der Waals surface area contributed by atoms with Gasteiger partial charge < -0.3 is 19.9 Å². The number of thioether (sulfide) groups is 1. The lowest BCUT2D eigenvalue weighted by atomic mass is 10.1. The van der Waals surface area contributed by atoms with E-state index in [1.807, 2.05) is 31.2 Å². The summed E-state index contributed by atoms with van der Waals surface area (Å²) in [5.41, 5.74) is 3.15. The van der Waals surface area contributed by atoms with Crippen LogP contribution in [-0.2, 0) is 0 Å². The van der Waals surface area contributed by atoms with Crippen LogP contribution in [0.25, 0.3) is 11.3 Å². The lowest BCUT2D eigenvalue weighted by molar-refractivity contribution is 0.224. The molecule has 0 bridgehead atoms. The second kappa shape index (κ2) is 9.21. The molecular weight excluding hydrogens is 400 g/mol. The van der Waals surface area contributed by atoms with Crippen LogP contribution in [0.5, 0.6) is 17.4 Å². The summed E-state index contributed by atoms with van der Waals surface area (Å²) in [5, 5.41) is 22.8. The molecule has 2 N–H and O–H groups in total. The van der Waals surface area contributed by atoms with Gasteiger partial charge in [0.05, 0.1) is 6.61 Å². The lowest BCUT2D eigenvalue weighted by Gasteiger charge is -2.20. The number of para-hydroxylation sites is 1. The van der Waals surface area contributed by atoms with E-state index in [9.17, 15) is 5.11 Å². The van der Waals surface area contributed by atoms with Crippen LogP contribution < -0.4 is 14.8 Å². The fourth-order valence-electron chi connectivity index (χ4n) is 3.13. The highest BCUT2D eigenvalue weighted by molar-refractivity contribution is 7.99. The molecule has 1 aromatic heterocycles. The highest BCUT2D eigenvalue weighted by Crippen LogP contribution is 2.40. The van der Waals surface area contributed by atoms with E-state index < -0.39 is 6.23 Å². The Labute approximate surface area is 179 Å². The predicted octanol–water partition coefficient (Wildman–Crippen LogP) is 5.04. The Morgan fingerprint density at radius 3 is 2.87 bits per heavy atom. The van der Waals surface area contributed by atoms with Gasteiger partial charge in [0, 0.05) is 22.6 Å². The van der Waals surface area contributed by atoms with Crippen molar-refractivity contribution in [2.45, 2.75) is 38.1 Å². The Morgan fingerprint density at radius 2 is 2.03 bits per heavy atom. The van der Waals surface area contributed by atoms with E-state index in [2.05, 4.69) is 27.4 Å². The van der Waals surface area contributed by atoms with Crippen molar-refractivity contribution in [3.8, 4) is 28.6 Å². The van der Waals surface area contributed by atoms with Crippen LogP contribution in [0.1, 0.15) is 38.5 Å². The molecule has 1 aliphatic rings. The number of hydrogen-bond acceptors (Lipinski definition) is 8. The molecule has 3 aromatic rings. The molecule has 156 valence electrons. The molecule has 0 fully saturated rings. The number of benzene rings is 2. The molecule has 1 atom stereocenters. The average Bonchev–Trinajstić information content (AvgIpc) is 2.92. The molecule has 0 radical (unpaired) electrons. The number of phenolic OH excluding ortho intramolecular Hbond substituents is 1. The highest BCUT2D eigenvalue weighted by Gasteiger charge is 2.26. The van der Waals surface area contributed by atoms with Crippen molar-refractivity contribution in [3.05, 3.63) is 48.0 Å². The Kier molecular flexibility index (Phi) is 6.23. The van der Waals surface area contributed by atoms with Crippen molar-refractivity contribution in [3.63, 3.8) is 0 Å². The number of phenols is 1.